The average molecular weight is 435 g/mol. The van der Waals surface area contributed by atoms with Crippen LogP contribution >= 0.6 is 11.6 Å². The Morgan fingerprint density at radius 3 is 2.65 bits per heavy atom. The number of aromatic amines is 1. The highest BCUT2D eigenvalue weighted by atomic mass is 35.5. The van der Waals surface area contributed by atoms with Crippen molar-refractivity contribution in [3.8, 4) is 0 Å². The van der Waals surface area contributed by atoms with Crippen LogP contribution in [0.25, 0.3) is 10.9 Å². The van der Waals surface area contributed by atoms with Crippen LogP contribution in [-0.2, 0) is 4.79 Å². The second-order valence-corrected chi connectivity index (χ2v) is 11.2. The third-order valence-corrected chi connectivity index (χ3v) is 7.74. The molecule has 3 atom stereocenters. The third kappa shape index (κ3) is 3.78. The molecule has 5 rings (SSSR count). The molecule has 1 saturated carbocycles. The summed E-state index contributed by atoms with van der Waals surface area (Å²) in [5.74, 6) is 0.181. The molecule has 1 aliphatic heterocycles. The highest BCUT2D eigenvalue weighted by Gasteiger charge is 2.51. The number of H-pyrrole nitrogens is 1. The second kappa shape index (κ2) is 7.41. The van der Waals surface area contributed by atoms with Crippen LogP contribution in [0.4, 0.5) is 0 Å². The standard InChI is InChI=1S/C27H31ClN2O/c1-26(2)13-18-14-27(3,16-26)17-30(18)25(31)12-21(19-8-4-6-10-23(19)28)22-15-29-24-11-7-5-9-20(22)24/h4-11,15,18,21,29H,12-14,16-17H2,1-3H3/t18-,21-,27+/m0/s1. The smallest absolute Gasteiger partial charge is 0.223 e. The molecule has 2 fully saturated rings. The summed E-state index contributed by atoms with van der Waals surface area (Å²) in [6, 6.07) is 16.6. The molecule has 2 aromatic carbocycles. The van der Waals surface area contributed by atoms with Gasteiger partial charge in [-0.1, -0.05) is 68.8 Å². The first-order chi connectivity index (χ1) is 14.7. The summed E-state index contributed by atoms with van der Waals surface area (Å²) in [4.78, 5) is 19.3. The van der Waals surface area contributed by atoms with E-state index in [1.165, 1.54) is 6.42 Å². The molecular formula is C27H31ClN2O. The maximum Gasteiger partial charge on any atom is 0.223 e. The molecule has 3 aromatic rings. The van der Waals surface area contributed by atoms with Crippen molar-refractivity contribution in [3.63, 3.8) is 0 Å². The molecule has 2 aliphatic rings. The van der Waals surface area contributed by atoms with Crippen molar-refractivity contribution in [2.45, 2.75) is 58.4 Å². The van der Waals surface area contributed by atoms with Gasteiger partial charge in [0.2, 0.25) is 5.91 Å². The first kappa shape index (κ1) is 20.6. The zero-order chi connectivity index (χ0) is 21.8. The van der Waals surface area contributed by atoms with Crippen molar-refractivity contribution in [2.24, 2.45) is 10.8 Å². The lowest BCUT2D eigenvalue weighted by molar-refractivity contribution is -0.132. The van der Waals surface area contributed by atoms with E-state index in [9.17, 15) is 4.79 Å². The molecule has 1 aliphatic carbocycles. The summed E-state index contributed by atoms with van der Waals surface area (Å²) in [5, 5.41) is 1.88. The fraction of sp³-hybridized carbons (Fsp3) is 0.444. The van der Waals surface area contributed by atoms with Crippen LogP contribution in [0, 0.1) is 10.8 Å². The van der Waals surface area contributed by atoms with Crippen LogP contribution in [-0.4, -0.2) is 28.4 Å². The van der Waals surface area contributed by atoms with Crippen LogP contribution in [0.2, 0.25) is 5.02 Å². The van der Waals surface area contributed by atoms with E-state index in [2.05, 4.69) is 61.1 Å². The quantitative estimate of drug-likeness (QED) is 0.483. The first-order valence-corrected chi connectivity index (χ1v) is 11.7. The number of benzene rings is 2. The third-order valence-electron chi connectivity index (χ3n) is 7.39. The van der Waals surface area contributed by atoms with Gasteiger partial charge in [0.05, 0.1) is 0 Å². The summed E-state index contributed by atoms with van der Waals surface area (Å²) in [6.07, 6.45) is 5.91. The van der Waals surface area contributed by atoms with Crippen LogP contribution < -0.4 is 0 Å². The topological polar surface area (TPSA) is 36.1 Å². The van der Waals surface area contributed by atoms with E-state index in [0.29, 0.717) is 17.9 Å². The van der Waals surface area contributed by atoms with Gasteiger partial charge in [0.1, 0.15) is 0 Å². The van der Waals surface area contributed by atoms with Crippen molar-refractivity contribution in [3.05, 3.63) is 70.9 Å². The number of likely N-dealkylation sites (tertiary alicyclic amines) is 1. The summed E-state index contributed by atoms with van der Waals surface area (Å²) >= 11 is 6.64. The van der Waals surface area contributed by atoms with Crippen molar-refractivity contribution in [1.82, 2.24) is 9.88 Å². The van der Waals surface area contributed by atoms with Gasteiger partial charge in [-0.05, 0) is 53.4 Å². The minimum absolute atomic E-state index is 0.0707. The van der Waals surface area contributed by atoms with Crippen LogP contribution in [0.5, 0.6) is 0 Å². The first-order valence-electron chi connectivity index (χ1n) is 11.3. The zero-order valence-corrected chi connectivity index (χ0v) is 19.4. The van der Waals surface area contributed by atoms with E-state index in [4.69, 9.17) is 11.6 Å². The Bertz CT molecular complexity index is 1130. The van der Waals surface area contributed by atoms with Crippen LogP contribution in [0.3, 0.4) is 0 Å². The maximum atomic E-state index is 13.7. The lowest BCUT2D eigenvalue weighted by atomic mass is 9.65. The molecule has 0 unspecified atom stereocenters. The summed E-state index contributed by atoms with van der Waals surface area (Å²) < 4.78 is 0. The largest absolute Gasteiger partial charge is 0.361 e. The molecule has 1 N–H and O–H groups in total. The van der Waals surface area contributed by atoms with Crippen LogP contribution in [0.1, 0.15) is 63.5 Å². The van der Waals surface area contributed by atoms with Crippen molar-refractivity contribution in [2.75, 3.05) is 6.54 Å². The minimum Gasteiger partial charge on any atom is -0.361 e. The Hall–Kier alpha value is -2.26. The predicted octanol–water partition coefficient (Wildman–Crippen LogP) is 6.77. The molecule has 1 amide bonds. The van der Waals surface area contributed by atoms with Gasteiger partial charge < -0.3 is 9.88 Å². The Balaban J connectivity index is 1.50. The molecule has 162 valence electrons. The molecule has 1 saturated heterocycles. The molecule has 2 bridgehead atoms. The normalized spacial score (nSPS) is 25.7. The molecule has 4 heteroatoms. The number of para-hydroxylation sites is 1. The number of carbonyl (C=O) groups excluding carboxylic acids is 1. The molecular weight excluding hydrogens is 404 g/mol. The van der Waals surface area contributed by atoms with E-state index in [1.54, 1.807) is 0 Å². The number of fused-ring (bicyclic) bond motifs is 3. The molecule has 0 spiro atoms. The molecule has 2 heterocycles. The van der Waals surface area contributed by atoms with E-state index in [-0.39, 0.29) is 17.2 Å². The number of aromatic nitrogens is 1. The summed E-state index contributed by atoms with van der Waals surface area (Å²) in [5.41, 5.74) is 3.80. The summed E-state index contributed by atoms with van der Waals surface area (Å²) in [6.45, 7) is 7.94. The van der Waals surface area contributed by atoms with E-state index < -0.39 is 0 Å². The predicted molar refractivity (Wildman–Crippen MR) is 127 cm³/mol. The Kier molecular flexibility index (Phi) is 4.93. The number of hydrogen-bond donors (Lipinski definition) is 1. The van der Waals surface area contributed by atoms with Gasteiger partial charge in [-0.25, -0.2) is 0 Å². The number of nitrogens with one attached hydrogen (secondary N) is 1. The monoisotopic (exact) mass is 434 g/mol. The number of hydrogen-bond acceptors (Lipinski definition) is 1. The number of nitrogens with zero attached hydrogens (tertiary/aromatic N) is 1. The van der Waals surface area contributed by atoms with Gasteiger partial charge in [0.25, 0.3) is 0 Å². The van der Waals surface area contributed by atoms with Gasteiger partial charge >= 0.3 is 0 Å². The van der Waals surface area contributed by atoms with Gasteiger partial charge in [-0.3, -0.25) is 4.79 Å². The Morgan fingerprint density at radius 2 is 1.84 bits per heavy atom. The number of carbonyl (C=O) groups is 1. The fourth-order valence-electron chi connectivity index (χ4n) is 6.57. The maximum absolute atomic E-state index is 13.7. The fourth-order valence-corrected chi connectivity index (χ4v) is 6.84. The van der Waals surface area contributed by atoms with Gasteiger partial charge in [0, 0.05) is 47.0 Å². The minimum atomic E-state index is -0.0707. The van der Waals surface area contributed by atoms with Gasteiger partial charge in [0.15, 0.2) is 0 Å². The lowest BCUT2D eigenvalue weighted by Crippen LogP contribution is -2.38. The second-order valence-electron chi connectivity index (χ2n) is 10.8. The highest BCUT2D eigenvalue weighted by molar-refractivity contribution is 6.31. The number of rotatable bonds is 4. The lowest BCUT2D eigenvalue weighted by Gasteiger charge is -2.39. The van der Waals surface area contributed by atoms with Crippen molar-refractivity contribution in [1.29, 1.82) is 0 Å². The van der Waals surface area contributed by atoms with Crippen LogP contribution in [0.15, 0.2) is 54.7 Å². The molecule has 31 heavy (non-hydrogen) atoms. The van der Waals surface area contributed by atoms with Crippen molar-refractivity contribution >= 4 is 28.4 Å². The highest BCUT2D eigenvalue weighted by Crippen LogP contribution is 2.53. The zero-order valence-electron chi connectivity index (χ0n) is 18.6. The van der Waals surface area contributed by atoms with E-state index >= 15 is 0 Å². The van der Waals surface area contributed by atoms with E-state index in [1.807, 2.05) is 24.3 Å². The van der Waals surface area contributed by atoms with Gasteiger partial charge in [-0.15, -0.1) is 0 Å². The van der Waals surface area contributed by atoms with Crippen molar-refractivity contribution < 1.29 is 4.79 Å². The SMILES string of the molecule is CC1(C)C[C@H]2C[C@@](C)(CN2C(=O)C[C@@H](c2ccccc2Cl)c2c[nH]c3ccccc23)C1. The Morgan fingerprint density at radius 1 is 1.10 bits per heavy atom. The number of halogens is 1. The molecule has 1 aromatic heterocycles. The average Bonchev–Trinajstić information content (AvgIpc) is 3.24. The van der Waals surface area contributed by atoms with Gasteiger partial charge in [-0.2, -0.15) is 0 Å². The number of amides is 1. The molecule has 3 nitrogen and oxygen atoms in total. The van der Waals surface area contributed by atoms with E-state index in [0.717, 1.165) is 46.4 Å². The Labute approximate surface area is 189 Å². The summed E-state index contributed by atoms with van der Waals surface area (Å²) in [7, 11) is 0. The molecule has 0 radical (unpaired) electrons.